The van der Waals surface area contributed by atoms with Crippen LogP contribution >= 0.6 is 0 Å². The van der Waals surface area contributed by atoms with Gasteiger partial charge in [0.1, 0.15) is 22.6 Å². The molecule has 0 bridgehead atoms. The van der Waals surface area contributed by atoms with E-state index in [4.69, 9.17) is 4.74 Å². The summed E-state index contributed by atoms with van der Waals surface area (Å²) < 4.78 is 21.7. The molecule has 1 saturated heterocycles. The van der Waals surface area contributed by atoms with Crippen LogP contribution in [-0.2, 0) is 0 Å². The van der Waals surface area contributed by atoms with Crippen molar-refractivity contribution in [2.24, 2.45) is 5.92 Å². The Hall–Kier alpha value is -2.40. The normalized spacial score (nSPS) is 16.5. The molecule has 0 N–H and O–H groups in total. The van der Waals surface area contributed by atoms with Gasteiger partial charge in [0.15, 0.2) is 0 Å². The highest BCUT2D eigenvalue weighted by Crippen LogP contribution is 2.27. The van der Waals surface area contributed by atoms with E-state index in [1.165, 1.54) is 6.07 Å². The number of fused-ring (bicyclic) bond motifs is 3. The number of nitrogens with zero attached hydrogens (tertiary/aromatic N) is 3. The highest BCUT2D eigenvalue weighted by atomic mass is 19.1. The van der Waals surface area contributed by atoms with Crippen LogP contribution in [0.25, 0.3) is 16.6 Å². The second-order valence-corrected chi connectivity index (χ2v) is 6.64. The molecule has 4 nitrogen and oxygen atoms in total. The van der Waals surface area contributed by atoms with E-state index in [1.807, 2.05) is 28.7 Å². The monoisotopic (exact) mass is 339 g/mol. The van der Waals surface area contributed by atoms with Gasteiger partial charge in [-0.15, -0.1) is 6.58 Å². The Balaban J connectivity index is 1.50. The van der Waals surface area contributed by atoms with Crippen LogP contribution in [0.2, 0.25) is 0 Å². The van der Waals surface area contributed by atoms with Gasteiger partial charge in [-0.05, 0) is 50.0 Å². The third kappa shape index (κ3) is 3.12. The molecule has 130 valence electrons. The maximum absolute atomic E-state index is 13.7. The largest absolute Gasteiger partial charge is 0.491 e. The number of hydrogen-bond acceptors (Lipinski definition) is 3. The van der Waals surface area contributed by atoms with E-state index in [9.17, 15) is 4.39 Å². The fourth-order valence-electron chi connectivity index (χ4n) is 3.56. The molecule has 1 fully saturated rings. The van der Waals surface area contributed by atoms with Crippen LogP contribution in [0.1, 0.15) is 12.8 Å². The van der Waals surface area contributed by atoms with Crippen molar-refractivity contribution >= 4 is 16.6 Å². The first kappa shape index (κ1) is 16.1. The molecule has 25 heavy (non-hydrogen) atoms. The number of piperidine rings is 1. The first-order chi connectivity index (χ1) is 12.3. The molecule has 0 aliphatic carbocycles. The van der Waals surface area contributed by atoms with Crippen molar-refractivity contribution in [1.82, 2.24) is 14.3 Å². The predicted molar refractivity (Wildman–Crippen MR) is 97.5 cm³/mol. The smallest absolute Gasteiger partial charge is 0.150 e. The minimum atomic E-state index is -0.257. The molecule has 1 aliphatic rings. The number of aromatic nitrogens is 2. The summed E-state index contributed by atoms with van der Waals surface area (Å²) >= 11 is 0. The van der Waals surface area contributed by atoms with Crippen LogP contribution in [0.5, 0.6) is 5.75 Å². The number of para-hydroxylation sites is 1. The molecule has 0 unspecified atom stereocenters. The second kappa shape index (κ2) is 6.84. The lowest BCUT2D eigenvalue weighted by Gasteiger charge is -2.31. The molecule has 3 aromatic rings. The molecule has 0 saturated carbocycles. The Kier molecular flexibility index (Phi) is 4.40. The highest BCUT2D eigenvalue weighted by Gasteiger charge is 2.19. The Labute approximate surface area is 146 Å². The Morgan fingerprint density at radius 2 is 2.08 bits per heavy atom. The fourth-order valence-corrected chi connectivity index (χ4v) is 3.56. The van der Waals surface area contributed by atoms with E-state index in [0.717, 1.165) is 49.3 Å². The average molecular weight is 339 g/mol. The second-order valence-electron chi connectivity index (χ2n) is 6.64. The van der Waals surface area contributed by atoms with Gasteiger partial charge < -0.3 is 9.14 Å². The van der Waals surface area contributed by atoms with E-state index in [-0.39, 0.29) is 5.82 Å². The van der Waals surface area contributed by atoms with Crippen molar-refractivity contribution in [2.75, 3.05) is 26.2 Å². The van der Waals surface area contributed by atoms with Gasteiger partial charge in [0.05, 0.1) is 18.3 Å². The van der Waals surface area contributed by atoms with E-state index >= 15 is 0 Å². The van der Waals surface area contributed by atoms with Crippen molar-refractivity contribution < 1.29 is 9.13 Å². The zero-order valence-corrected chi connectivity index (χ0v) is 14.2. The van der Waals surface area contributed by atoms with Crippen LogP contribution in [0, 0.1) is 11.7 Å². The Morgan fingerprint density at radius 3 is 2.88 bits per heavy atom. The molecule has 5 heteroatoms. The van der Waals surface area contributed by atoms with E-state index in [0.29, 0.717) is 18.0 Å². The van der Waals surface area contributed by atoms with Crippen molar-refractivity contribution in [1.29, 1.82) is 0 Å². The molecule has 0 amide bonds. The standard InChI is InChI=1S/C20H22FN3O/c1-2-9-23-10-6-15(7-11-23)14-25-19-5-3-4-17-20(19)22-13-18-16(21)8-12-24(17)18/h2-5,8,12-13,15H,1,6-7,9-11,14H2. The van der Waals surface area contributed by atoms with Crippen molar-refractivity contribution in [3.8, 4) is 5.75 Å². The molecule has 4 rings (SSSR count). The van der Waals surface area contributed by atoms with E-state index < -0.39 is 0 Å². The quantitative estimate of drug-likeness (QED) is 0.660. The van der Waals surface area contributed by atoms with Gasteiger partial charge >= 0.3 is 0 Å². The minimum absolute atomic E-state index is 0.257. The molecule has 0 spiro atoms. The lowest BCUT2D eigenvalue weighted by atomic mass is 9.98. The van der Waals surface area contributed by atoms with Crippen LogP contribution in [-0.4, -0.2) is 40.5 Å². The maximum Gasteiger partial charge on any atom is 0.150 e. The molecule has 2 aromatic heterocycles. The van der Waals surface area contributed by atoms with Crippen LogP contribution < -0.4 is 4.74 Å². The number of hydrogen-bond donors (Lipinski definition) is 0. The predicted octanol–water partition coefficient (Wildman–Crippen LogP) is 3.90. The minimum Gasteiger partial charge on any atom is -0.491 e. The SMILES string of the molecule is C=CCN1CCC(COc2cccc3c2ncc2c(F)ccn23)CC1. The van der Waals surface area contributed by atoms with Crippen LogP contribution in [0.4, 0.5) is 4.39 Å². The van der Waals surface area contributed by atoms with Crippen molar-refractivity contribution in [3.63, 3.8) is 0 Å². The number of ether oxygens (including phenoxy) is 1. The maximum atomic E-state index is 13.7. The summed E-state index contributed by atoms with van der Waals surface area (Å²) in [5.41, 5.74) is 2.12. The van der Waals surface area contributed by atoms with Crippen molar-refractivity contribution in [2.45, 2.75) is 12.8 Å². The zero-order chi connectivity index (χ0) is 17.2. The summed E-state index contributed by atoms with van der Waals surface area (Å²) in [6, 6.07) is 7.27. The Morgan fingerprint density at radius 1 is 1.24 bits per heavy atom. The van der Waals surface area contributed by atoms with Crippen LogP contribution in [0.3, 0.4) is 0 Å². The molecule has 0 radical (unpaired) electrons. The van der Waals surface area contributed by atoms with Crippen LogP contribution in [0.15, 0.2) is 49.3 Å². The molecular formula is C20H22FN3O. The Bertz CT molecular complexity index is 896. The molecule has 3 heterocycles. The number of likely N-dealkylation sites (tertiary alicyclic amines) is 1. The van der Waals surface area contributed by atoms with Gasteiger partial charge in [0.25, 0.3) is 0 Å². The van der Waals surface area contributed by atoms with E-state index in [1.54, 1.807) is 12.4 Å². The van der Waals surface area contributed by atoms with Gasteiger partial charge in [0, 0.05) is 12.7 Å². The number of rotatable bonds is 5. The summed E-state index contributed by atoms with van der Waals surface area (Å²) in [5, 5.41) is 0. The molecule has 1 aliphatic heterocycles. The number of halogens is 1. The van der Waals surface area contributed by atoms with Crippen molar-refractivity contribution in [3.05, 3.63) is 55.1 Å². The summed E-state index contributed by atoms with van der Waals surface area (Å²) in [5.74, 6) is 1.07. The highest BCUT2D eigenvalue weighted by molar-refractivity contribution is 5.84. The zero-order valence-electron chi connectivity index (χ0n) is 14.2. The van der Waals surface area contributed by atoms with E-state index in [2.05, 4.69) is 16.5 Å². The first-order valence-corrected chi connectivity index (χ1v) is 8.76. The van der Waals surface area contributed by atoms with Gasteiger partial charge in [-0.2, -0.15) is 0 Å². The lowest BCUT2D eigenvalue weighted by molar-refractivity contribution is 0.151. The molecular weight excluding hydrogens is 317 g/mol. The topological polar surface area (TPSA) is 29.8 Å². The third-order valence-corrected chi connectivity index (χ3v) is 5.00. The number of benzene rings is 1. The molecule has 1 aromatic carbocycles. The molecule has 0 atom stereocenters. The summed E-state index contributed by atoms with van der Waals surface area (Å²) in [6.45, 7) is 7.65. The summed E-state index contributed by atoms with van der Waals surface area (Å²) in [4.78, 5) is 6.85. The van der Waals surface area contributed by atoms with Gasteiger partial charge in [0.2, 0.25) is 0 Å². The first-order valence-electron chi connectivity index (χ1n) is 8.76. The fraction of sp³-hybridized carbons (Fsp3) is 0.350. The van der Waals surface area contributed by atoms with Gasteiger partial charge in [-0.1, -0.05) is 12.1 Å². The average Bonchev–Trinajstić information content (AvgIpc) is 3.03. The lowest BCUT2D eigenvalue weighted by Crippen LogP contribution is -2.35. The summed E-state index contributed by atoms with van der Waals surface area (Å²) in [6.07, 6.45) is 7.54. The van der Waals surface area contributed by atoms with Gasteiger partial charge in [-0.25, -0.2) is 9.37 Å². The third-order valence-electron chi connectivity index (χ3n) is 5.00. The summed E-state index contributed by atoms with van der Waals surface area (Å²) in [7, 11) is 0. The van der Waals surface area contributed by atoms with Gasteiger partial charge in [-0.3, -0.25) is 4.90 Å².